The van der Waals surface area contributed by atoms with Crippen molar-refractivity contribution in [2.24, 2.45) is 5.92 Å². The third-order valence-electron chi connectivity index (χ3n) is 3.79. The van der Waals surface area contributed by atoms with E-state index in [9.17, 15) is 4.79 Å². The van der Waals surface area contributed by atoms with Crippen LogP contribution in [-0.2, 0) is 11.3 Å². The van der Waals surface area contributed by atoms with Gasteiger partial charge in [-0.05, 0) is 31.4 Å². The Kier molecular flexibility index (Phi) is 5.38. The molecular formula is C15H22ClN3O. The molecule has 0 bridgehead atoms. The number of halogens is 1. The van der Waals surface area contributed by atoms with E-state index in [1.54, 1.807) is 6.92 Å². The van der Waals surface area contributed by atoms with Crippen LogP contribution in [0.1, 0.15) is 26.0 Å². The third kappa shape index (κ3) is 4.18. The molecular weight excluding hydrogens is 274 g/mol. The molecule has 0 saturated carbocycles. The van der Waals surface area contributed by atoms with E-state index in [0.29, 0.717) is 5.92 Å². The Bertz CT molecular complexity index is 438. The number of pyridine rings is 1. The van der Waals surface area contributed by atoms with Crippen molar-refractivity contribution in [3.8, 4) is 0 Å². The lowest BCUT2D eigenvalue weighted by Gasteiger charge is -2.37. The van der Waals surface area contributed by atoms with Crippen molar-refractivity contribution in [1.29, 1.82) is 0 Å². The van der Waals surface area contributed by atoms with Crippen molar-refractivity contribution in [3.05, 3.63) is 30.1 Å². The van der Waals surface area contributed by atoms with Crippen LogP contribution in [0.15, 0.2) is 24.4 Å². The maximum Gasteiger partial charge on any atom is 0.237 e. The molecule has 1 fully saturated rings. The van der Waals surface area contributed by atoms with Gasteiger partial charge in [-0.25, -0.2) is 0 Å². The van der Waals surface area contributed by atoms with Gasteiger partial charge >= 0.3 is 0 Å². The highest BCUT2D eigenvalue weighted by molar-refractivity contribution is 6.30. The number of carbonyl (C=O) groups excluding carboxylic acids is 1. The maximum atomic E-state index is 11.7. The fourth-order valence-electron chi connectivity index (χ4n) is 2.61. The molecule has 1 N–H and O–H groups in total. The van der Waals surface area contributed by atoms with E-state index < -0.39 is 5.38 Å². The van der Waals surface area contributed by atoms with E-state index >= 15 is 0 Å². The first-order chi connectivity index (χ1) is 9.56. The third-order valence-corrected chi connectivity index (χ3v) is 3.99. The molecule has 3 unspecified atom stereocenters. The van der Waals surface area contributed by atoms with E-state index in [1.165, 1.54) is 0 Å². The molecule has 20 heavy (non-hydrogen) atoms. The quantitative estimate of drug-likeness (QED) is 0.865. The van der Waals surface area contributed by atoms with Gasteiger partial charge in [0.1, 0.15) is 5.38 Å². The van der Waals surface area contributed by atoms with Crippen LogP contribution in [0.25, 0.3) is 0 Å². The summed E-state index contributed by atoms with van der Waals surface area (Å²) in [6.07, 6.45) is 2.79. The van der Waals surface area contributed by atoms with Crippen molar-refractivity contribution >= 4 is 17.5 Å². The number of carbonyl (C=O) groups is 1. The molecule has 1 aliphatic rings. The van der Waals surface area contributed by atoms with Gasteiger partial charge in [-0.15, -0.1) is 11.6 Å². The van der Waals surface area contributed by atoms with Gasteiger partial charge in [0, 0.05) is 31.9 Å². The van der Waals surface area contributed by atoms with Crippen LogP contribution in [-0.4, -0.2) is 40.3 Å². The first-order valence-corrected chi connectivity index (χ1v) is 7.56. The normalized spacial score (nSPS) is 25.1. The van der Waals surface area contributed by atoms with Crippen LogP contribution in [0.5, 0.6) is 0 Å². The second kappa shape index (κ2) is 7.04. The summed E-state index contributed by atoms with van der Waals surface area (Å²) >= 11 is 5.80. The Morgan fingerprint density at radius 3 is 3.00 bits per heavy atom. The van der Waals surface area contributed by atoms with Crippen molar-refractivity contribution in [3.63, 3.8) is 0 Å². The van der Waals surface area contributed by atoms with Crippen molar-refractivity contribution in [2.45, 2.75) is 38.2 Å². The zero-order valence-electron chi connectivity index (χ0n) is 12.1. The Hall–Kier alpha value is -1.13. The molecule has 1 aromatic rings. The molecule has 0 aliphatic carbocycles. The number of piperidine rings is 1. The number of rotatable bonds is 4. The smallest absolute Gasteiger partial charge is 0.237 e. The van der Waals surface area contributed by atoms with Gasteiger partial charge in [0.05, 0.1) is 5.69 Å². The Balaban J connectivity index is 1.84. The highest BCUT2D eigenvalue weighted by Gasteiger charge is 2.28. The van der Waals surface area contributed by atoms with E-state index in [0.717, 1.165) is 31.7 Å². The fraction of sp³-hybridized carbons (Fsp3) is 0.600. The summed E-state index contributed by atoms with van der Waals surface area (Å²) in [5, 5.41) is 2.58. The summed E-state index contributed by atoms with van der Waals surface area (Å²) in [5.74, 6) is 0.355. The molecule has 5 heteroatoms. The number of likely N-dealkylation sites (tertiary alicyclic amines) is 1. The highest BCUT2D eigenvalue weighted by atomic mass is 35.5. The minimum atomic E-state index is -0.464. The lowest BCUT2D eigenvalue weighted by Crippen LogP contribution is -2.51. The number of hydrogen-bond donors (Lipinski definition) is 1. The summed E-state index contributed by atoms with van der Waals surface area (Å²) in [7, 11) is 0. The van der Waals surface area contributed by atoms with Crippen molar-refractivity contribution in [2.75, 3.05) is 13.1 Å². The van der Waals surface area contributed by atoms with Gasteiger partial charge in [0.25, 0.3) is 0 Å². The van der Waals surface area contributed by atoms with Crippen LogP contribution < -0.4 is 5.32 Å². The molecule has 2 heterocycles. The zero-order chi connectivity index (χ0) is 14.5. The summed E-state index contributed by atoms with van der Waals surface area (Å²) in [5.41, 5.74) is 1.09. The molecule has 3 atom stereocenters. The molecule has 0 radical (unpaired) electrons. The molecule has 1 aromatic heterocycles. The van der Waals surface area contributed by atoms with Crippen LogP contribution in [0.4, 0.5) is 0 Å². The molecule has 110 valence electrons. The first-order valence-electron chi connectivity index (χ1n) is 7.13. The van der Waals surface area contributed by atoms with Gasteiger partial charge in [-0.1, -0.05) is 13.0 Å². The predicted octanol–water partition coefficient (Wildman–Crippen LogP) is 2.04. The minimum Gasteiger partial charge on any atom is -0.352 e. The first kappa shape index (κ1) is 15.3. The monoisotopic (exact) mass is 295 g/mol. The molecule has 0 aromatic carbocycles. The number of amides is 1. The van der Waals surface area contributed by atoms with Crippen LogP contribution >= 0.6 is 11.6 Å². The van der Waals surface area contributed by atoms with Crippen LogP contribution in [0, 0.1) is 5.92 Å². The number of alkyl halides is 1. The highest BCUT2D eigenvalue weighted by Crippen LogP contribution is 2.18. The molecule has 1 saturated heterocycles. The van der Waals surface area contributed by atoms with Crippen molar-refractivity contribution in [1.82, 2.24) is 15.2 Å². The lowest BCUT2D eigenvalue weighted by molar-refractivity contribution is -0.121. The van der Waals surface area contributed by atoms with Gasteiger partial charge in [-0.2, -0.15) is 0 Å². The summed E-state index contributed by atoms with van der Waals surface area (Å²) in [6, 6.07) is 6.22. The van der Waals surface area contributed by atoms with Gasteiger partial charge in [0.2, 0.25) is 5.91 Å². The Morgan fingerprint density at radius 1 is 1.60 bits per heavy atom. The molecule has 4 nitrogen and oxygen atoms in total. The molecule has 2 rings (SSSR count). The fourth-order valence-corrected chi connectivity index (χ4v) is 2.67. The largest absolute Gasteiger partial charge is 0.352 e. The summed E-state index contributed by atoms with van der Waals surface area (Å²) < 4.78 is 0. The average Bonchev–Trinajstić information content (AvgIpc) is 2.42. The SMILES string of the molecule is CC(Cl)C(=O)NC1CCN(Cc2ccccn2)CC1C. The second-order valence-electron chi connectivity index (χ2n) is 5.55. The van der Waals surface area contributed by atoms with Crippen LogP contribution in [0.2, 0.25) is 0 Å². The number of aromatic nitrogens is 1. The van der Waals surface area contributed by atoms with Gasteiger partial charge in [0.15, 0.2) is 0 Å². The maximum absolute atomic E-state index is 11.7. The molecule has 0 spiro atoms. The molecule has 1 amide bonds. The van der Waals surface area contributed by atoms with Gasteiger partial charge < -0.3 is 5.32 Å². The van der Waals surface area contributed by atoms with E-state index in [4.69, 9.17) is 11.6 Å². The average molecular weight is 296 g/mol. The second-order valence-corrected chi connectivity index (χ2v) is 6.21. The van der Waals surface area contributed by atoms with Crippen LogP contribution in [0.3, 0.4) is 0 Å². The van der Waals surface area contributed by atoms with Gasteiger partial charge in [-0.3, -0.25) is 14.7 Å². The number of nitrogens with zero attached hydrogens (tertiary/aromatic N) is 2. The zero-order valence-corrected chi connectivity index (χ0v) is 12.8. The Labute approximate surface area is 125 Å². The predicted molar refractivity (Wildman–Crippen MR) is 80.5 cm³/mol. The van der Waals surface area contributed by atoms with Crippen molar-refractivity contribution < 1.29 is 4.79 Å². The van der Waals surface area contributed by atoms with E-state index in [1.807, 2.05) is 24.4 Å². The standard InChI is InChI=1S/C15H22ClN3O/c1-11-9-19(10-13-5-3-4-7-17-13)8-6-14(11)18-15(20)12(2)16/h3-5,7,11-12,14H,6,8-10H2,1-2H3,(H,18,20). The number of hydrogen-bond acceptors (Lipinski definition) is 3. The molecule has 1 aliphatic heterocycles. The van der Waals surface area contributed by atoms with E-state index in [2.05, 4.69) is 22.1 Å². The van der Waals surface area contributed by atoms with E-state index in [-0.39, 0.29) is 11.9 Å². The topological polar surface area (TPSA) is 45.2 Å². The number of nitrogens with one attached hydrogen (secondary N) is 1. The minimum absolute atomic E-state index is 0.0679. The Morgan fingerprint density at radius 2 is 2.40 bits per heavy atom. The summed E-state index contributed by atoms with van der Waals surface area (Å²) in [6.45, 7) is 6.70. The lowest BCUT2D eigenvalue weighted by atomic mass is 9.93. The summed E-state index contributed by atoms with van der Waals surface area (Å²) in [4.78, 5) is 18.4.